The third-order valence-electron chi connectivity index (χ3n) is 4.96. The molecule has 0 aromatic carbocycles. The van der Waals surface area contributed by atoms with E-state index in [9.17, 15) is 4.79 Å². The third kappa shape index (κ3) is 2.40. The normalized spacial score (nSPS) is 25.2. The standard InChI is InChI=1S/C18H24N2O2/c1-4-22-13(3)20-12(2)15-10-7-11-19-17(15)16(18(20)21)14-8-5-6-9-14/h7,10-12,14,16H,3-6,8-9H2,1-2H3. The number of fused-ring (bicyclic) bond motifs is 1. The second kappa shape index (κ2) is 6.11. The highest BCUT2D eigenvalue weighted by Crippen LogP contribution is 2.45. The molecule has 1 aromatic heterocycles. The maximum atomic E-state index is 13.1. The van der Waals surface area contributed by atoms with Crippen LogP contribution < -0.4 is 0 Å². The van der Waals surface area contributed by atoms with Gasteiger partial charge < -0.3 is 4.74 Å². The zero-order chi connectivity index (χ0) is 15.7. The predicted molar refractivity (Wildman–Crippen MR) is 85.0 cm³/mol. The molecule has 118 valence electrons. The maximum Gasteiger partial charge on any atom is 0.239 e. The van der Waals surface area contributed by atoms with Crippen molar-refractivity contribution in [2.45, 2.75) is 51.5 Å². The van der Waals surface area contributed by atoms with Crippen molar-refractivity contribution in [1.82, 2.24) is 9.88 Å². The molecule has 1 aliphatic carbocycles. The second-order valence-electron chi connectivity index (χ2n) is 6.21. The predicted octanol–water partition coefficient (Wildman–Crippen LogP) is 3.77. The number of pyridine rings is 1. The van der Waals surface area contributed by atoms with Crippen LogP contribution in [0.1, 0.15) is 62.7 Å². The summed E-state index contributed by atoms with van der Waals surface area (Å²) in [5.74, 6) is 0.805. The van der Waals surface area contributed by atoms with Gasteiger partial charge in [0.05, 0.1) is 24.3 Å². The minimum Gasteiger partial charge on any atom is -0.479 e. The number of ether oxygens (including phenoxy) is 1. The molecule has 0 bridgehead atoms. The van der Waals surface area contributed by atoms with Crippen LogP contribution in [-0.4, -0.2) is 22.4 Å². The number of amides is 1. The average Bonchev–Trinajstić information content (AvgIpc) is 3.02. The highest BCUT2D eigenvalue weighted by molar-refractivity contribution is 5.87. The van der Waals surface area contributed by atoms with Gasteiger partial charge in [0, 0.05) is 6.20 Å². The zero-order valence-corrected chi connectivity index (χ0v) is 13.4. The highest BCUT2D eigenvalue weighted by Gasteiger charge is 2.44. The number of aromatic nitrogens is 1. The lowest BCUT2D eigenvalue weighted by molar-refractivity contribution is -0.138. The van der Waals surface area contributed by atoms with E-state index in [0.717, 1.165) is 24.1 Å². The van der Waals surface area contributed by atoms with Gasteiger partial charge in [-0.05, 0) is 50.8 Å². The molecule has 1 amide bonds. The lowest BCUT2D eigenvalue weighted by Crippen LogP contribution is -2.44. The fourth-order valence-corrected chi connectivity index (χ4v) is 3.93. The van der Waals surface area contributed by atoms with E-state index in [-0.39, 0.29) is 17.9 Å². The van der Waals surface area contributed by atoms with Crippen LogP contribution in [0.2, 0.25) is 0 Å². The number of carbonyl (C=O) groups excluding carboxylic acids is 1. The van der Waals surface area contributed by atoms with E-state index in [2.05, 4.69) is 17.6 Å². The van der Waals surface area contributed by atoms with Gasteiger partial charge in [-0.1, -0.05) is 18.9 Å². The summed E-state index contributed by atoms with van der Waals surface area (Å²) in [6.07, 6.45) is 6.43. The molecule has 2 aliphatic rings. The highest BCUT2D eigenvalue weighted by atomic mass is 16.5. The number of carbonyl (C=O) groups is 1. The minimum absolute atomic E-state index is 0.0760. The van der Waals surface area contributed by atoms with Gasteiger partial charge in [-0.15, -0.1) is 0 Å². The average molecular weight is 300 g/mol. The van der Waals surface area contributed by atoms with Crippen LogP contribution in [0.4, 0.5) is 0 Å². The van der Waals surface area contributed by atoms with Crippen molar-refractivity contribution < 1.29 is 9.53 Å². The smallest absolute Gasteiger partial charge is 0.239 e. The number of hydrogen-bond donors (Lipinski definition) is 0. The van der Waals surface area contributed by atoms with Crippen LogP contribution in [0.3, 0.4) is 0 Å². The van der Waals surface area contributed by atoms with Gasteiger partial charge in [0.2, 0.25) is 5.91 Å². The molecule has 2 atom stereocenters. The Bertz CT molecular complexity index is 578. The molecule has 4 heteroatoms. The van der Waals surface area contributed by atoms with Crippen molar-refractivity contribution in [1.29, 1.82) is 0 Å². The summed E-state index contributed by atoms with van der Waals surface area (Å²) in [6, 6.07) is 3.94. The lowest BCUT2D eigenvalue weighted by Gasteiger charge is -2.40. The van der Waals surface area contributed by atoms with Crippen molar-refractivity contribution in [3.63, 3.8) is 0 Å². The summed E-state index contributed by atoms with van der Waals surface area (Å²) in [7, 11) is 0. The second-order valence-corrected chi connectivity index (χ2v) is 6.21. The van der Waals surface area contributed by atoms with E-state index >= 15 is 0 Å². The molecule has 1 aromatic rings. The minimum atomic E-state index is -0.146. The first-order valence-corrected chi connectivity index (χ1v) is 8.24. The molecule has 4 nitrogen and oxygen atoms in total. The Morgan fingerprint density at radius 3 is 2.86 bits per heavy atom. The molecule has 2 unspecified atom stereocenters. The van der Waals surface area contributed by atoms with E-state index in [1.807, 2.05) is 19.9 Å². The van der Waals surface area contributed by atoms with Crippen LogP contribution in [0.15, 0.2) is 30.8 Å². The van der Waals surface area contributed by atoms with E-state index in [0.29, 0.717) is 18.4 Å². The van der Waals surface area contributed by atoms with Gasteiger partial charge in [0.1, 0.15) is 0 Å². The number of hydrogen-bond acceptors (Lipinski definition) is 3. The summed E-state index contributed by atoms with van der Waals surface area (Å²) in [6.45, 7) is 8.41. The van der Waals surface area contributed by atoms with Crippen LogP contribution in [-0.2, 0) is 9.53 Å². The summed E-state index contributed by atoms with van der Waals surface area (Å²) < 4.78 is 5.54. The Hall–Kier alpha value is -1.84. The van der Waals surface area contributed by atoms with Crippen LogP contribution in [0.5, 0.6) is 0 Å². The monoisotopic (exact) mass is 300 g/mol. The van der Waals surface area contributed by atoms with E-state index in [4.69, 9.17) is 4.74 Å². The van der Waals surface area contributed by atoms with Crippen LogP contribution in [0.25, 0.3) is 0 Å². The molecule has 22 heavy (non-hydrogen) atoms. The molecule has 1 aliphatic heterocycles. The van der Waals surface area contributed by atoms with E-state index in [1.54, 1.807) is 11.1 Å². The third-order valence-corrected chi connectivity index (χ3v) is 4.96. The Labute approximate surface area is 132 Å². The Kier molecular flexibility index (Phi) is 4.19. The Morgan fingerprint density at radius 1 is 1.45 bits per heavy atom. The molecule has 3 rings (SSSR count). The quantitative estimate of drug-likeness (QED) is 0.795. The van der Waals surface area contributed by atoms with Crippen molar-refractivity contribution in [3.8, 4) is 0 Å². The van der Waals surface area contributed by atoms with Crippen molar-refractivity contribution in [2.24, 2.45) is 5.92 Å². The molecular formula is C18H24N2O2. The summed E-state index contributed by atoms with van der Waals surface area (Å²) in [4.78, 5) is 19.4. The lowest BCUT2D eigenvalue weighted by atomic mass is 9.80. The molecule has 0 spiro atoms. The molecular weight excluding hydrogens is 276 g/mol. The maximum absolute atomic E-state index is 13.1. The topological polar surface area (TPSA) is 42.4 Å². The van der Waals surface area contributed by atoms with Crippen LogP contribution >= 0.6 is 0 Å². The van der Waals surface area contributed by atoms with E-state index in [1.165, 1.54) is 12.8 Å². The van der Waals surface area contributed by atoms with Crippen LogP contribution in [0, 0.1) is 5.92 Å². The first kappa shape index (κ1) is 15.1. The first-order valence-electron chi connectivity index (χ1n) is 8.24. The summed E-state index contributed by atoms with van der Waals surface area (Å²) in [5, 5.41) is 0. The molecule has 2 heterocycles. The van der Waals surface area contributed by atoms with Crippen molar-refractivity contribution >= 4 is 5.91 Å². The molecule has 0 saturated heterocycles. The van der Waals surface area contributed by atoms with Gasteiger partial charge >= 0.3 is 0 Å². The van der Waals surface area contributed by atoms with Gasteiger partial charge in [0.15, 0.2) is 5.88 Å². The van der Waals surface area contributed by atoms with Gasteiger partial charge in [-0.2, -0.15) is 0 Å². The van der Waals surface area contributed by atoms with Gasteiger partial charge in [-0.3, -0.25) is 14.7 Å². The summed E-state index contributed by atoms with van der Waals surface area (Å²) in [5.41, 5.74) is 2.09. The molecule has 1 fully saturated rings. The number of rotatable bonds is 4. The fraction of sp³-hybridized carbons (Fsp3) is 0.556. The van der Waals surface area contributed by atoms with Crippen molar-refractivity contribution in [2.75, 3.05) is 6.61 Å². The molecule has 0 N–H and O–H groups in total. The number of nitrogens with zero attached hydrogens (tertiary/aromatic N) is 2. The first-order chi connectivity index (χ1) is 10.6. The Morgan fingerprint density at radius 2 is 2.18 bits per heavy atom. The molecule has 0 radical (unpaired) electrons. The zero-order valence-electron chi connectivity index (χ0n) is 13.4. The SMILES string of the molecule is C=C(OCC)N1C(=O)C(C2CCCC2)c2ncccc2C1C. The largest absolute Gasteiger partial charge is 0.479 e. The van der Waals surface area contributed by atoms with Gasteiger partial charge in [-0.25, -0.2) is 0 Å². The fourth-order valence-electron chi connectivity index (χ4n) is 3.93. The summed E-state index contributed by atoms with van der Waals surface area (Å²) >= 11 is 0. The molecule has 1 saturated carbocycles. The van der Waals surface area contributed by atoms with Gasteiger partial charge in [0.25, 0.3) is 0 Å². The van der Waals surface area contributed by atoms with E-state index < -0.39 is 0 Å². The van der Waals surface area contributed by atoms with Crippen molar-refractivity contribution in [3.05, 3.63) is 42.0 Å². The Balaban J connectivity index is 2.03.